The number of carbonyl (C=O) groups excluding carboxylic acids is 1. The highest BCUT2D eigenvalue weighted by Gasteiger charge is 2.14. The summed E-state index contributed by atoms with van der Waals surface area (Å²) in [5, 5.41) is 12.0. The van der Waals surface area contributed by atoms with E-state index in [0.717, 1.165) is 28.6 Å². The molecule has 5 nitrogen and oxygen atoms in total. The van der Waals surface area contributed by atoms with Crippen LogP contribution in [0.3, 0.4) is 0 Å². The summed E-state index contributed by atoms with van der Waals surface area (Å²) in [4.78, 5) is 12.3. The van der Waals surface area contributed by atoms with E-state index in [0.29, 0.717) is 15.6 Å². The van der Waals surface area contributed by atoms with Gasteiger partial charge in [0.2, 0.25) is 11.8 Å². The zero-order valence-electron chi connectivity index (χ0n) is 15.5. The number of anilines is 1. The van der Waals surface area contributed by atoms with Gasteiger partial charge in [0.25, 0.3) is 5.22 Å². The maximum Gasteiger partial charge on any atom is 0.277 e. The third-order valence-electron chi connectivity index (χ3n) is 4.17. The maximum absolute atomic E-state index is 12.3. The Bertz CT molecular complexity index is 1160. The number of thioether (sulfide) groups is 1. The molecule has 4 aromatic rings. The Morgan fingerprint density at radius 2 is 1.67 bits per heavy atom. The molecule has 0 atom stereocenters. The number of nitrogens with one attached hydrogen (secondary N) is 1. The van der Waals surface area contributed by atoms with E-state index in [4.69, 9.17) is 27.6 Å². The molecule has 0 aliphatic heterocycles. The van der Waals surface area contributed by atoms with E-state index in [1.807, 2.05) is 54.6 Å². The van der Waals surface area contributed by atoms with Gasteiger partial charge in [-0.25, -0.2) is 0 Å². The van der Waals surface area contributed by atoms with Gasteiger partial charge < -0.3 is 9.73 Å². The van der Waals surface area contributed by atoms with Crippen molar-refractivity contribution in [2.24, 2.45) is 0 Å². The number of nitrogens with zero attached hydrogens (tertiary/aromatic N) is 2. The molecule has 0 fully saturated rings. The van der Waals surface area contributed by atoms with Crippen LogP contribution in [0, 0.1) is 0 Å². The normalized spacial score (nSPS) is 10.7. The summed E-state index contributed by atoms with van der Waals surface area (Å²) < 4.78 is 5.59. The van der Waals surface area contributed by atoms with Crippen molar-refractivity contribution in [3.8, 4) is 22.6 Å². The van der Waals surface area contributed by atoms with Crippen LogP contribution in [0.1, 0.15) is 0 Å². The molecular formula is C22H15Cl2N3O2S. The summed E-state index contributed by atoms with van der Waals surface area (Å²) in [7, 11) is 0. The molecule has 0 radical (unpaired) electrons. The van der Waals surface area contributed by atoms with Crippen molar-refractivity contribution in [2.45, 2.75) is 5.22 Å². The smallest absolute Gasteiger partial charge is 0.277 e. The van der Waals surface area contributed by atoms with Gasteiger partial charge in [-0.1, -0.05) is 77.4 Å². The van der Waals surface area contributed by atoms with Crippen LogP contribution in [0.25, 0.3) is 22.6 Å². The molecule has 0 saturated carbocycles. The quantitative estimate of drug-likeness (QED) is 0.338. The summed E-state index contributed by atoms with van der Waals surface area (Å²) in [6.07, 6.45) is 0. The zero-order valence-corrected chi connectivity index (χ0v) is 17.8. The summed E-state index contributed by atoms with van der Waals surface area (Å²) >= 11 is 13.2. The van der Waals surface area contributed by atoms with Crippen LogP contribution >= 0.6 is 35.0 Å². The largest absolute Gasteiger partial charge is 0.411 e. The molecule has 150 valence electrons. The second-order valence-electron chi connectivity index (χ2n) is 6.28. The Hall–Kier alpha value is -2.80. The van der Waals surface area contributed by atoms with Crippen LogP contribution in [0.5, 0.6) is 0 Å². The van der Waals surface area contributed by atoms with Gasteiger partial charge in [-0.15, -0.1) is 10.2 Å². The van der Waals surface area contributed by atoms with E-state index in [1.165, 1.54) is 0 Å². The zero-order chi connectivity index (χ0) is 20.9. The Morgan fingerprint density at radius 1 is 0.933 bits per heavy atom. The Morgan fingerprint density at radius 3 is 2.40 bits per heavy atom. The third-order valence-corrected chi connectivity index (χ3v) is 5.54. The SMILES string of the molecule is O=C(CSc1nnc(-c2ccc(Cl)cc2Cl)o1)Nc1ccc(-c2ccccc2)cc1. The first-order valence-corrected chi connectivity index (χ1v) is 10.7. The monoisotopic (exact) mass is 455 g/mol. The number of aromatic nitrogens is 2. The number of halogens is 2. The van der Waals surface area contributed by atoms with Crippen LogP contribution in [0.2, 0.25) is 10.0 Å². The Labute approximate surface area is 187 Å². The van der Waals surface area contributed by atoms with Gasteiger partial charge in [-0.05, 0) is 41.5 Å². The molecular weight excluding hydrogens is 441 g/mol. The highest BCUT2D eigenvalue weighted by molar-refractivity contribution is 7.99. The number of rotatable bonds is 6. The molecule has 1 amide bonds. The molecule has 0 aliphatic rings. The molecule has 0 aliphatic carbocycles. The average Bonchev–Trinajstić information content (AvgIpc) is 3.22. The van der Waals surface area contributed by atoms with Gasteiger partial charge in [0.1, 0.15) is 0 Å². The summed E-state index contributed by atoms with van der Waals surface area (Å²) in [6.45, 7) is 0. The lowest BCUT2D eigenvalue weighted by Gasteiger charge is -2.06. The Kier molecular flexibility index (Phi) is 6.38. The van der Waals surface area contributed by atoms with Crippen molar-refractivity contribution in [3.05, 3.63) is 82.8 Å². The summed E-state index contributed by atoms with van der Waals surface area (Å²) in [6, 6.07) is 22.7. The molecule has 0 unspecified atom stereocenters. The van der Waals surface area contributed by atoms with E-state index in [1.54, 1.807) is 18.2 Å². The van der Waals surface area contributed by atoms with Crippen molar-refractivity contribution in [1.82, 2.24) is 10.2 Å². The minimum Gasteiger partial charge on any atom is -0.411 e. The van der Waals surface area contributed by atoms with Crippen LogP contribution in [-0.2, 0) is 4.79 Å². The molecule has 1 N–H and O–H groups in total. The van der Waals surface area contributed by atoms with Crippen LogP contribution in [-0.4, -0.2) is 21.9 Å². The predicted octanol–water partition coefficient (Wildman–Crippen LogP) is 6.44. The average molecular weight is 456 g/mol. The number of carbonyl (C=O) groups is 1. The topological polar surface area (TPSA) is 68.0 Å². The fourth-order valence-corrected chi connectivity index (χ4v) is 3.79. The standard InChI is InChI=1S/C22H15Cl2N3O2S/c23-16-8-11-18(19(24)12-16)21-26-27-22(29-21)30-13-20(28)25-17-9-6-15(7-10-17)14-4-2-1-3-5-14/h1-12H,13H2,(H,25,28). The summed E-state index contributed by atoms with van der Waals surface area (Å²) in [5.41, 5.74) is 3.52. The van der Waals surface area contributed by atoms with E-state index >= 15 is 0 Å². The van der Waals surface area contributed by atoms with Gasteiger partial charge in [0.05, 0.1) is 16.3 Å². The number of amides is 1. The van der Waals surface area contributed by atoms with Crippen molar-refractivity contribution < 1.29 is 9.21 Å². The second kappa shape index (κ2) is 9.34. The minimum atomic E-state index is -0.170. The van der Waals surface area contributed by atoms with Crippen LogP contribution in [0.15, 0.2) is 82.4 Å². The lowest BCUT2D eigenvalue weighted by atomic mass is 10.1. The van der Waals surface area contributed by atoms with E-state index < -0.39 is 0 Å². The minimum absolute atomic E-state index is 0.135. The van der Waals surface area contributed by atoms with Crippen LogP contribution in [0.4, 0.5) is 5.69 Å². The predicted molar refractivity (Wildman–Crippen MR) is 121 cm³/mol. The highest BCUT2D eigenvalue weighted by Crippen LogP contribution is 2.31. The first-order chi connectivity index (χ1) is 14.6. The van der Waals surface area contributed by atoms with E-state index in [2.05, 4.69) is 15.5 Å². The molecule has 4 rings (SSSR count). The lowest BCUT2D eigenvalue weighted by Crippen LogP contribution is -2.13. The first-order valence-electron chi connectivity index (χ1n) is 8.95. The Balaban J connectivity index is 1.33. The second-order valence-corrected chi connectivity index (χ2v) is 8.05. The van der Waals surface area contributed by atoms with Crippen molar-refractivity contribution in [2.75, 3.05) is 11.1 Å². The summed E-state index contributed by atoms with van der Waals surface area (Å²) in [5.74, 6) is 0.240. The van der Waals surface area contributed by atoms with Crippen molar-refractivity contribution in [3.63, 3.8) is 0 Å². The van der Waals surface area contributed by atoms with Gasteiger partial charge in [0.15, 0.2) is 0 Å². The maximum atomic E-state index is 12.3. The molecule has 0 saturated heterocycles. The molecule has 3 aromatic carbocycles. The lowest BCUT2D eigenvalue weighted by molar-refractivity contribution is -0.113. The van der Waals surface area contributed by atoms with E-state index in [-0.39, 0.29) is 22.8 Å². The first kappa shape index (κ1) is 20.5. The van der Waals surface area contributed by atoms with Crippen LogP contribution < -0.4 is 5.32 Å². The van der Waals surface area contributed by atoms with Gasteiger partial charge >= 0.3 is 0 Å². The van der Waals surface area contributed by atoms with Gasteiger partial charge in [0, 0.05) is 10.7 Å². The van der Waals surface area contributed by atoms with Gasteiger partial charge in [-0.3, -0.25) is 4.79 Å². The molecule has 0 bridgehead atoms. The highest BCUT2D eigenvalue weighted by atomic mass is 35.5. The number of benzene rings is 3. The van der Waals surface area contributed by atoms with Crippen molar-refractivity contribution in [1.29, 1.82) is 0 Å². The molecule has 0 spiro atoms. The fraction of sp³-hybridized carbons (Fsp3) is 0.0455. The number of hydrogen-bond donors (Lipinski definition) is 1. The molecule has 1 heterocycles. The molecule has 30 heavy (non-hydrogen) atoms. The molecule has 1 aromatic heterocycles. The number of hydrogen-bond acceptors (Lipinski definition) is 5. The molecule has 8 heteroatoms. The fourth-order valence-electron chi connectivity index (χ4n) is 2.74. The third kappa shape index (κ3) is 5.02. The van der Waals surface area contributed by atoms with Gasteiger partial charge in [-0.2, -0.15) is 0 Å². The van der Waals surface area contributed by atoms with E-state index in [9.17, 15) is 4.79 Å². The van der Waals surface area contributed by atoms with Crippen molar-refractivity contribution >= 4 is 46.6 Å².